The zero-order valence-corrected chi connectivity index (χ0v) is 14.8. The lowest BCUT2D eigenvalue weighted by atomic mass is 10.0. The molecule has 130 valence electrons. The quantitative estimate of drug-likeness (QED) is 0.688. The molecular weight excluding hydrogens is 324 g/mol. The number of benzene rings is 1. The van der Waals surface area contributed by atoms with Crippen molar-refractivity contribution in [3.05, 3.63) is 66.2 Å². The average Bonchev–Trinajstić information content (AvgIpc) is 2.65. The highest BCUT2D eigenvalue weighted by molar-refractivity contribution is 5.65. The second kappa shape index (κ2) is 8.08. The van der Waals surface area contributed by atoms with Crippen LogP contribution >= 0.6 is 0 Å². The van der Waals surface area contributed by atoms with E-state index < -0.39 is 0 Å². The van der Waals surface area contributed by atoms with Crippen LogP contribution in [-0.4, -0.2) is 15.0 Å². The maximum Gasteiger partial charge on any atom is 0.227 e. The standard InChI is InChI=1S/C20H20N6/c1-14(2)9-15-3-5-17(6-4-15)26-20-23-12-18(13-24-20)25-19-7-8-22-11-16(19)10-21/h3-8,11-14H,9H2,1-2H3,(H,22,25)(H,23,24,26). The molecule has 0 spiro atoms. The molecule has 1 aromatic carbocycles. The second-order valence-corrected chi connectivity index (χ2v) is 6.37. The predicted molar refractivity (Wildman–Crippen MR) is 103 cm³/mol. The monoisotopic (exact) mass is 344 g/mol. The molecule has 0 saturated carbocycles. The third kappa shape index (κ3) is 4.54. The van der Waals surface area contributed by atoms with E-state index in [1.807, 2.05) is 12.1 Å². The number of hydrogen-bond donors (Lipinski definition) is 2. The first-order chi connectivity index (χ1) is 12.6. The van der Waals surface area contributed by atoms with E-state index in [0.29, 0.717) is 28.8 Å². The number of hydrogen-bond acceptors (Lipinski definition) is 6. The minimum Gasteiger partial charge on any atom is -0.352 e. The lowest BCUT2D eigenvalue weighted by Crippen LogP contribution is -2.00. The topological polar surface area (TPSA) is 86.5 Å². The third-order valence-corrected chi connectivity index (χ3v) is 3.73. The minimum absolute atomic E-state index is 0.469. The zero-order chi connectivity index (χ0) is 18.4. The molecule has 0 fully saturated rings. The van der Waals surface area contributed by atoms with E-state index in [9.17, 15) is 0 Å². The van der Waals surface area contributed by atoms with Gasteiger partial charge in [-0.1, -0.05) is 26.0 Å². The molecule has 0 amide bonds. The van der Waals surface area contributed by atoms with Gasteiger partial charge >= 0.3 is 0 Å². The van der Waals surface area contributed by atoms with Gasteiger partial charge in [-0.2, -0.15) is 5.26 Å². The Morgan fingerprint density at radius 3 is 2.35 bits per heavy atom. The maximum absolute atomic E-state index is 9.10. The fourth-order valence-electron chi connectivity index (χ4n) is 2.53. The van der Waals surface area contributed by atoms with Crippen LogP contribution in [-0.2, 0) is 6.42 Å². The Hall–Kier alpha value is -3.46. The van der Waals surface area contributed by atoms with Gasteiger partial charge in [-0.25, -0.2) is 9.97 Å². The van der Waals surface area contributed by atoms with Gasteiger partial charge in [0.05, 0.1) is 29.3 Å². The fourth-order valence-corrected chi connectivity index (χ4v) is 2.53. The van der Waals surface area contributed by atoms with E-state index in [-0.39, 0.29) is 0 Å². The Labute approximate surface area is 153 Å². The van der Waals surface area contributed by atoms with Crippen LogP contribution in [0.4, 0.5) is 23.0 Å². The van der Waals surface area contributed by atoms with Crippen molar-refractivity contribution in [1.29, 1.82) is 5.26 Å². The van der Waals surface area contributed by atoms with Crippen LogP contribution in [0, 0.1) is 17.2 Å². The van der Waals surface area contributed by atoms with E-state index in [2.05, 4.69) is 57.6 Å². The highest BCUT2D eigenvalue weighted by atomic mass is 15.1. The van der Waals surface area contributed by atoms with Crippen LogP contribution in [0.3, 0.4) is 0 Å². The van der Waals surface area contributed by atoms with Gasteiger partial charge in [0.25, 0.3) is 0 Å². The number of rotatable bonds is 6. The summed E-state index contributed by atoms with van der Waals surface area (Å²) in [6.45, 7) is 4.42. The summed E-state index contributed by atoms with van der Waals surface area (Å²) in [6.07, 6.45) is 7.55. The number of nitriles is 1. The van der Waals surface area contributed by atoms with Gasteiger partial charge in [0.15, 0.2) is 0 Å². The Morgan fingerprint density at radius 1 is 0.962 bits per heavy atom. The first kappa shape index (κ1) is 17.4. The minimum atomic E-state index is 0.469. The summed E-state index contributed by atoms with van der Waals surface area (Å²) in [6, 6.07) is 12.1. The first-order valence-electron chi connectivity index (χ1n) is 8.43. The molecule has 2 heterocycles. The summed E-state index contributed by atoms with van der Waals surface area (Å²) in [5.41, 5.74) is 4.10. The molecule has 0 atom stereocenters. The van der Waals surface area contributed by atoms with Crippen molar-refractivity contribution in [2.45, 2.75) is 20.3 Å². The third-order valence-electron chi connectivity index (χ3n) is 3.73. The van der Waals surface area contributed by atoms with Crippen molar-refractivity contribution < 1.29 is 0 Å². The predicted octanol–water partition coefficient (Wildman–Crippen LogP) is 4.43. The number of nitrogens with one attached hydrogen (secondary N) is 2. The van der Waals surface area contributed by atoms with Gasteiger partial charge in [-0.15, -0.1) is 0 Å². The van der Waals surface area contributed by atoms with Crippen molar-refractivity contribution in [3.63, 3.8) is 0 Å². The van der Waals surface area contributed by atoms with Gasteiger partial charge in [0.2, 0.25) is 5.95 Å². The SMILES string of the molecule is CC(C)Cc1ccc(Nc2ncc(Nc3ccncc3C#N)cn2)cc1. The molecule has 6 nitrogen and oxygen atoms in total. The molecule has 0 aliphatic heterocycles. The second-order valence-electron chi connectivity index (χ2n) is 6.37. The molecule has 0 aliphatic rings. The van der Waals surface area contributed by atoms with Gasteiger partial charge < -0.3 is 10.6 Å². The van der Waals surface area contributed by atoms with Crippen molar-refractivity contribution in [3.8, 4) is 6.07 Å². The highest BCUT2D eigenvalue weighted by Gasteiger charge is 2.04. The summed E-state index contributed by atoms with van der Waals surface area (Å²) in [4.78, 5) is 12.6. The molecule has 0 unspecified atom stereocenters. The summed E-state index contributed by atoms with van der Waals surface area (Å²) in [5, 5.41) is 15.4. The smallest absolute Gasteiger partial charge is 0.227 e. The summed E-state index contributed by atoms with van der Waals surface area (Å²) >= 11 is 0. The van der Waals surface area contributed by atoms with Gasteiger partial charge in [0.1, 0.15) is 6.07 Å². The van der Waals surface area contributed by atoms with Crippen LogP contribution < -0.4 is 10.6 Å². The highest BCUT2D eigenvalue weighted by Crippen LogP contribution is 2.20. The Bertz CT molecular complexity index is 895. The van der Waals surface area contributed by atoms with E-state index in [1.165, 1.54) is 11.8 Å². The van der Waals surface area contributed by atoms with E-state index in [4.69, 9.17) is 5.26 Å². The molecule has 26 heavy (non-hydrogen) atoms. The number of nitrogens with zero attached hydrogens (tertiary/aromatic N) is 4. The molecule has 3 rings (SSSR count). The fraction of sp³-hybridized carbons (Fsp3) is 0.200. The summed E-state index contributed by atoms with van der Waals surface area (Å²) in [7, 11) is 0. The summed E-state index contributed by atoms with van der Waals surface area (Å²) in [5.74, 6) is 1.15. The van der Waals surface area contributed by atoms with Crippen molar-refractivity contribution in [2.24, 2.45) is 5.92 Å². The molecule has 0 bridgehead atoms. The van der Waals surface area contributed by atoms with E-state index in [0.717, 1.165) is 12.1 Å². The van der Waals surface area contributed by atoms with Crippen LogP contribution in [0.25, 0.3) is 0 Å². The molecule has 3 aromatic rings. The number of pyridine rings is 1. The van der Waals surface area contributed by atoms with Crippen LogP contribution in [0.2, 0.25) is 0 Å². The normalized spacial score (nSPS) is 10.4. The van der Waals surface area contributed by atoms with E-state index >= 15 is 0 Å². The molecular formula is C20H20N6. The van der Waals surface area contributed by atoms with Gasteiger partial charge in [-0.05, 0) is 36.1 Å². The first-order valence-corrected chi connectivity index (χ1v) is 8.43. The lowest BCUT2D eigenvalue weighted by Gasteiger charge is -2.09. The van der Waals surface area contributed by atoms with E-state index in [1.54, 1.807) is 24.7 Å². The molecule has 2 N–H and O–H groups in total. The number of anilines is 4. The van der Waals surface area contributed by atoms with Gasteiger partial charge in [-0.3, -0.25) is 4.98 Å². The van der Waals surface area contributed by atoms with Crippen LogP contribution in [0.1, 0.15) is 25.0 Å². The number of aromatic nitrogens is 3. The van der Waals surface area contributed by atoms with Crippen molar-refractivity contribution in [1.82, 2.24) is 15.0 Å². The molecule has 0 radical (unpaired) electrons. The van der Waals surface area contributed by atoms with Crippen LogP contribution in [0.15, 0.2) is 55.1 Å². The zero-order valence-electron chi connectivity index (χ0n) is 14.8. The van der Waals surface area contributed by atoms with Gasteiger partial charge in [0, 0.05) is 18.1 Å². The Balaban J connectivity index is 1.65. The molecule has 0 aliphatic carbocycles. The van der Waals surface area contributed by atoms with Crippen molar-refractivity contribution >= 4 is 23.0 Å². The maximum atomic E-state index is 9.10. The molecule has 2 aromatic heterocycles. The largest absolute Gasteiger partial charge is 0.352 e. The molecule has 0 saturated heterocycles. The Morgan fingerprint density at radius 2 is 1.69 bits per heavy atom. The van der Waals surface area contributed by atoms with Crippen molar-refractivity contribution in [2.75, 3.05) is 10.6 Å². The average molecular weight is 344 g/mol. The summed E-state index contributed by atoms with van der Waals surface area (Å²) < 4.78 is 0. The lowest BCUT2D eigenvalue weighted by molar-refractivity contribution is 0.647. The van der Waals surface area contributed by atoms with Crippen LogP contribution in [0.5, 0.6) is 0 Å². The Kier molecular flexibility index (Phi) is 5.40. The molecule has 6 heteroatoms.